The van der Waals surface area contributed by atoms with Crippen molar-refractivity contribution in [3.05, 3.63) is 107 Å². The van der Waals surface area contributed by atoms with Crippen LogP contribution in [0, 0.1) is 5.92 Å². The lowest BCUT2D eigenvalue weighted by molar-refractivity contribution is 0.0881. The zero-order valence-electron chi connectivity index (χ0n) is 15.9. The van der Waals surface area contributed by atoms with E-state index in [0.29, 0.717) is 0 Å². The molecule has 3 aromatic carbocycles. The molecule has 3 heterocycles. The first-order valence-corrected chi connectivity index (χ1v) is 10.6. The van der Waals surface area contributed by atoms with Gasteiger partial charge in [0.15, 0.2) is 0 Å². The molecular weight excluding hydrogens is 376 g/mol. The molecule has 0 N–H and O–H groups in total. The fourth-order valence-corrected chi connectivity index (χ4v) is 6.55. The molecule has 0 fully saturated rings. The molecule has 0 spiro atoms. The number of imidazole rings is 1. The molecule has 4 heteroatoms. The Morgan fingerprint density at radius 2 is 1.55 bits per heavy atom. The molecule has 1 aromatic heterocycles. The molecule has 140 valence electrons. The Labute approximate surface area is 173 Å². The molecule has 0 bridgehead atoms. The number of nitrogens with zero attached hydrogens (tertiary/aromatic N) is 2. The first kappa shape index (κ1) is 16.8. The monoisotopic (exact) mass is 394 g/mol. The number of fused-ring (bicyclic) bond motifs is 5. The zero-order chi connectivity index (χ0) is 19.6. The number of benzene rings is 3. The average Bonchev–Trinajstić information content (AvgIpc) is 3.38. The second kappa shape index (κ2) is 5.94. The number of hydrogen-bond donors (Lipinski definition) is 0. The van der Waals surface area contributed by atoms with Crippen LogP contribution in [0.3, 0.4) is 0 Å². The molecule has 0 radical (unpaired) electrons. The van der Waals surface area contributed by atoms with Crippen molar-refractivity contribution in [1.82, 2.24) is 9.55 Å². The van der Waals surface area contributed by atoms with E-state index in [1.165, 1.54) is 4.91 Å². The summed E-state index contributed by atoms with van der Waals surface area (Å²) in [5.74, 6) is 0.709. The molecule has 0 amide bonds. The summed E-state index contributed by atoms with van der Waals surface area (Å²) in [6.45, 7) is 2.11. The number of rotatable bonds is 2. The molecular formula is C25H18N2OS. The Hall–Kier alpha value is -3.11. The van der Waals surface area contributed by atoms with Crippen LogP contribution in [0.2, 0.25) is 0 Å². The van der Waals surface area contributed by atoms with Crippen molar-refractivity contribution in [3.8, 4) is 0 Å². The highest BCUT2D eigenvalue weighted by Gasteiger charge is 2.61. The predicted molar refractivity (Wildman–Crippen MR) is 118 cm³/mol. The Morgan fingerprint density at radius 1 is 0.897 bits per heavy atom. The van der Waals surface area contributed by atoms with Gasteiger partial charge in [-0.1, -0.05) is 72.8 Å². The highest BCUT2D eigenvalue weighted by molar-refractivity contribution is 8.09. The number of hydrogen-bond acceptors (Lipinski definition) is 3. The Kier molecular flexibility index (Phi) is 3.44. The number of carbonyl (C=O) groups is 1. The first-order chi connectivity index (χ1) is 14.2. The SMILES string of the molecule is CC1=C(c2ccccc2)S[C@]2(c3ccccc3)c3nc4ccccc4n3C(=O)[C@@H]12. The van der Waals surface area contributed by atoms with E-state index in [1.54, 1.807) is 11.8 Å². The van der Waals surface area contributed by atoms with Crippen LogP contribution in [-0.4, -0.2) is 15.5 Å². The Balaban J connectivity index is 1.66. The van der Waals surface area contributed by atoms with Crippen molar-refractivity contribution in [2.75, 3.05) is 0 Å². The highest BCUT2D eigenvalue weighted by atomic mass is 32.2. The summed E-state index contributed by atoms with van der Waals surface area (Å²) in [5, 5.41) is 0. The molecule has 2 atom stereocenters. The van der Waals surface area contributed by atoms with Crippen LogP contribution in [0.25, 0.3) is 15.9 Å². The van der Waals surface area contributed by atoms with Gasteiger partial charge in [0.2, 0.25) is 5.91 Å². The van der Waals surface area contributed by atoms with Crippen molar-refractivity contribution in [2.45, 2.75) is 11.7 Å². The maximum Gasteiger partial charge on any atom is 0.242 e. The fraction of sp³-hybridized carbons (Fsp3) is 0.120. The number of para-hydroxylation sites is 2. The van der Waals surface area contributed by atoms with Crippen LogP contribution in [0.15, 0.2) is 90.5 Å². The number of carbonyl (C=O) groups excluding carboxylic acids is 1. The van der Waals surface area contributed by atoms with E-state index >= 15 is 0 Å². The maximum atomic E-state index is 13.8. The average molecular weight is 394 g/mol. The first-order valence-electron chi connectivity index (χ1n) is 9.75. The van der Waals surface area contributed by atoms with E-state index in [9.17, 15) is 4.79 Å². The van der Waals surface area contributed by atoms with Crippen LogP contribution in [0.4, 0.5) is 0 Å². The number of thioether (sulfide) groups is 1. The second-order valence-electron chi connectivity index (χ2n) is 7.61. The summed E-state index contributed by atoms with van der Waals surface area (Å²) in [6.07, 6.45) is 0. The minimum absolute atomic E-state index is 0.119. The van der Waals surface area contributed by atoms with Crippen molar-refractivity contribution >= 4 is 33.6 Å². The molecule has 2 aliphatic heterocycles. The van der Waals surface area contributed by atoms with E-state index in [0.717, 1.165) is 33.6 Å². The standard InChI is InChI=1S/C25H18N2OS/c1-16-21-23(28)27-20-15-9-8-14-19(20)26-24(27)25(21,18-12-6-3-7-13-18)29-22(16)17-10-4-2-5-11-17/h2-15,21H,1H3/t21-,25+/m1/s1. The lowest BCUT2D eigenvalue weighted by atomic mass is 9.82. The third-order valence-electron chi connectivity index (χ3n) is 6.06. The van der Waals surface area contributed by atoms with E-state index < -0.39 is 4.75 Å². The lowest BCUT2D eigenvalue weighted by Crippen LogP contribution is -2.29. The third-order valence-corrected chi connectivity index (χ3v) is 7.80. The van der Waals surface area contributed by atoms with E-state index in [1.807, 2.05) is 53.1 Å². The predicted octanol–water partition coefficient (Wildman–Crippen LogP) is 5.73. The molecule has 6 rings (SSSR count). The maximum absolute atomic E-state index is 13.8. The van der Waals surface area contributed by atoms with Crippen molar-refractivity contribution < 1.29 is 4.79 Å². The molecule has 29 heavy (non-hydrogen) atoms. The highest BCUT2D eigenvalue weighted by Crippen LogP contribution is 2.65. The zero-order valence-corrected chi connectivity index (χ0v) is 16.7. The van der Waals surface area contributed by atoms with Gasteiger partial charge in [-0.3, -0.25) is 9.36 Å². The van der Waals surface area contributed by atoms with Gasteiger partial charge in [-0.05, 0) is 35.8 Å². The summed E-state index contributed by atoms with van der Waals surface area (Å²) in [6, 6.07) is 28.7. The van der Waals surface area contributed by atoms with E-state index in [2.05, 4.69) is 43.3 Å². The molecule has 0 unspecified atom stereocenters. The fourth-order valence-electron chi connectivity index (χ4n) is 4.81. The quantitative estimate of drug-likeness (QED) is 0.436. The minimum Gasteiger partial charge on any atom is -0.273 e. The molecule has 4 aromatic rings. The van der Waals surface area contributed by atoms with Gasteiger partial charge < -0.3 is 0 Å². The van der Waals surface area contributed by atoms with Gasteiger partial charge in [0, 0.05) is 4.91 Å². The summed E-state index contributed by atoms with van der Waals surface area (Å²) >= 11 is 1.78. The van der Waals surface area contributed by atoms with Gasteiger partial charge in [0.05, 0.1) is 17.0 Å². The lowest BCUT2D eigenvalue weighted by Gasteiger charge is -2.27. The van der Waals surface area contributed by atoms with Gasteiger partial charge in [0.25, 0.3) is 0 Å². The van der Waals surface area contributed by atoms with Gasteiger partial charge in [-0.15, -0.1) is 11.8 Å². The van der Waals surface area contributed by atoms with Gasteiger partial charge in [0.1, 0.15) is 10.6 Å². The minimum atomic E-state index is -0.535. The van der Waals surface area contributed by atoms with Crippen LogP contribution < -0.4 is 0 Å². The Morgan fingerprint density at radius 3 is 2.31 bits per heavy atom. The molecule has 2 aliphatic rings. The summed E-state index contributed by atoms with van der Waals surface area (Å²) in [4.78, 5) is 20.0. The Bertz CT molecular complexity index is 1310. The molecule has 0 saturated heterocycles. The largest absolute Gasteiger partial charge is 0.273 e. The molecule has 0 saturated carbocycles. The summed E-state index contributed by atoms with van der Waals surface area (Å²) in [7, 11) is 0. The van der Waals surface area contributed by atoms with Crippen LogP contribution >= 0.6 is 11.8 Å². The summed E-state index contributed by atoms with van der Waals surface area (Å²) in [5.41, 5.74) is 5.19. The van der Waals surface area contributed by atoms with E-state index in [4.69, 9.17) is 4.98 Å². The molecule has 0 aliphatic carbocycles. The van der Waals surface area contributed by atoms with Gasteiger partial charge in [-0.2, -0.15) is 0 Å². The van der Waals surface area contributed by atoms with Crippen LogP contribution in [0.5, 0.6) is 0 Å². The van der Waals surface area contributed by atoms with Crippen molar-refractivity contribution in [1.29, 1.82) is 0 Å². The van der Waals surface area contributed by atoms with Crippen molar-refractivity contribution in [3.63, 3.8) is 0 Å². The topological polar surface area (TPSA) is 34.9 Å². The second-order valence-corrected chi connectivity index (χ2v) is 8.87. The van der Waals surface area contributed by atoms with Crippen LogP contribution in [-0.2, 0) is 4.75 Å². The van der Waals surface area contributed by atoms with Gasteiger partial charge in [-0.25, -0.2) is 4.98 Å². The number of allylic oxidation sites excluding steroid dienone is 1. The summed E-state index contributed by atoms with van der Waals surface area (Å²) < 4.78 is 1.32. The number of aromatic nitrogens is 2. The van der Waals surface area contributed by atoms with Gasteiger partial charge >= 0.3 is 0 Å². The normalized spacial score (nSPS) is 22.9. The van der Waals surface area contributed by atoms with Crippen molar-refractivity contribution in [2.24, 2.45) is 5.92 Å². The smallest absolute Gasteiger partial charge is 0.242 e. The van der Waals surface area contributed by atoms with Crippen LogP contribution in [0.1, 0.15) is 28.7 Å². The third kappa shape index (κ3) is 2.10. The van der Waals surface area contributed by atoms with E-state index in [-0.39, 0.29) is 11.8 Å². The molecule has 3 nitrogen and oxygen atoms in total.